The third-order valence-corrected chi connectivity index (χ3v) is 7.41. The maximum atomic E-state index is 13.9. The molecular formula is C27H34N6O5. The van der Waals surface area contributed by atoms with Crippen LogP contribution in [0.15, 0.2) is 42.5 Å². The van der Waals surface area contributed by atoms with E-state index in [1.165, 1.54) is 25.8 Å². The summed E-state index contributed by atoms with van der Waals surface area (Å²) in [6, 6.07) is 11.5. The van der Waals surface area contributed by atoms with E-state index >= 15 is 0 Å². The van der Waals surface area contributed by atoms with E-state index in [0.717, 1.165) is 15.7 Å². The number of nitrogens with one attached hydrogen (secondary N) is 2. The number of rotatable bonds is 5. The molecule has 2 heterocycles. The number of nitrogens with two attached hydrogens (primary N) is 1. The molecule has 2 aliphatic rings. The fraction of sp³-hybridized carbons (Fsp3) is 0.444. The van der Waals surface area contributed by atoms with Crippen LogP contribution in [0.5, 0.6) is 0 Å². The first kappa shape index (κ1) is 27.1. The first-order valence-electron chi connectivity index (χ1n) is 12.8. The largest absolute Gasteiger partial charge is 0.341 e. The van der Waals surface area contributed by atoms with Crippen molar-refractivity contribution in [2.24, 2.45) is 5.73 Å². The molecule has 202 valence electrons. The van der Waals surface area contributed by atoms with Crippen LogP contribution in [0.3, 0.4) is 0 Å². The quantitative estimate of drug-likeness (QED) is 0.500. The second-order valence-corrected chi connectivity index (χ2v) is 9.83. The molecule has 11 nitrogen and oxygen atoms in total. The Kier molecular flexibility index (Phi) is 7.96. The average molecular weight is 523 g/mol. The molecule has 0 aromatic heterocycles. The van der Waals surface area contributed by atoms with Crippen LogP contribution in [-0.2, 0) is 24.0 Å². The number of likely N-dealkylation sites (N-methyl/N-ethyl adjacent to an activating group) is 1. The second kappa shape index (κ2) is 11.2. The highest BCUT2D eigenvalue weighted by molar-refractivity contribution is 6.05. The van der Waals surface area contributed by atoms with Crippen LogP contribution >= 0.6 is 0 Å². The van der Waals surface area contributed by atoms with Gasteiger partial charge in [0.25, 0.3) is 5.91 Å². The number of anilines is 1. The van der Waals surface area contributed by atoms with Crippen LogP contribution < -0.4 is 16.4 Å². The molecule has 2 fully saturated rings. The highest BCUT2D eigenvalue weighted by Gasteiger charge is 2.47. The van der Waals surface area contributed by atoms with E-state index in [2.05, 4.69) is 10.6 Å². The molecule has 0 radical (unpaired) electrons. The summed E-state index contributed by atoms with van der Waals surface area (Å²) in [4.78, 5) is 68.5. The molecule has 4 atom stereocenters. The van der Waals surface area contributed by atoms with Gasteiger partial charge in [-0.05, 0) is 37.1 Å². The fourth-order valence-corrected chi connectivity index (χ4v) is 5.26. The highest BCUT2D eigenvalue weighted by atomic mass is 16.2. The minimum absolute atomic E-state index is 0.185. The summed E-state index contributed by atoms with van der Waals surface area (Å²) in [6.07, 6.45) is -0.330. The van der Waals surface area contributed by atoms with E-state index in [0.29, 0.717) is 31.5 Å². The molecule has 0 bridgehead atoms. The summed E-state index contributed by atoms with van der Waals surface area (Å²) >= 11 is 0. The van der Waals surface area contributed by atoms with Crippen LogP contribution in [0, 0.1) is 0 Å². The zero-order chi connectivity index (χ0) is 27.6. The van der Waals surface area contributed by atoms with Gasteiger partial charge in [-0.15, -0.1) is 0 Å². The fourth-order valence-electron chi connectivity index (χ4n) is 5.26. The Hall–Kier alpha value is -3.99. The Bertz CT molecular complexity index is 1260. The van der Waals surface area contributed by atoms with Crippen LogP contribution in [0.1, 0.15) is 39.5 Å². The smallest absolute Gasteiger partial charge is 0.258 e. The van der Waals surface area contributed by atoms with E-state index in [9.17, 15) is 24.0 Å². The standard InChI is InChI=1S/C27H34N6O5/c1-16(34)31(3)24(28)26(37)30-21-12-7-15-32(17(2)35)23-14-13-22(33(23)27(21)38)25(36)29-20-11-6-9-18-8-4-5-10-19(18)20/h4-6,8-11,21-24H,7,12-15,28H2,1-3H3,(H,29,36)(H,30,37)/t21-,22?,23+,24+/m0/s1. The molecule has 2 aromatic rings. The molecule has 4 rings (SSSR count). The predicted octanol–water partition coefficient (Wildman–Crippen LogP) is 0.986. The van der Waals surface area contributed by atoms with Gasteiger partial charge >= 0.3 is 0 Å². The summed E-state index contributed by atoms with van der Waals surface area (Å²) in [6.45, 7) is 3.12. The summed E-state index contributed by atoms with van der Waals surface area (Å²) in [5.41, 5.74) is 6.55. The Morgan fingerprint density at radius 3 is 2.45 bits per heavy atom. The summed E-state index contributed by atoms with van der Waals surface area (Å²) in [5.74, 6) is -2.06. The average Bonchev–Trinajstić information content (AvgIpc) is 3.32. The molecular weight excluding hydrogens is 488 g/mol. The number of fused-ring (bicyclic) bond motifs is 2. The highest BCUT2D eigenvalue weighted by Crippen LogP contribution is 2.32. The van der Waals surface area contributed by atoms with Gasteiger partial charge in [-0.3, -0.25) is 24.0 Å². The minimum Gasteiger partial charge on any atom is -0.341 e. The van der Waals surface area contributed by atoms with Crippen molar-refractivity contribution in [2.45, 2.75) is 63.9 Å². The lowest BCUT2D eigenvalue weighted by atomic mass is 10.1. The third-order valence-electron chi connectivity index (χ3n) is 7.41. The second-order valence-electron chi connectivity index (χ2n) is 9.83. The summed E-state index contributed by atoms with van der Waals surface area (Å²) < 4.78 is 0. The van der Waals surface area contributed by atoms with Gasteiger partial charge in [0.05, 0.1) is 0 Å². The van der Waals surface area contributed by atoms with Gasteiger partial charge < -0.3 is 31.1 Å². The van der Waals surface area contributed by atoms with E-state index in [1.807, 2.05) is 36.4 Å². The number of hydrogen-bond acceptors (Lipinski definition) is 6. The summed E-state index contributed by atoms with van der Waals surface area (Å²) in [7, 11) is 1.40. The van der Waals surface area contributed by atoms with Gasteiger partial charge in [-0.2, -0.15) is 0 Å². The van der Waals surface area contributed by atoms with Crippen LogP contribution in [-0.4, -0.2) is 82.2 Å². The lowest BCUT2D eigenvalue weighted by Gasteiger charge is -2.41. The first-order chi connectivity index (χ1) is 18.1. The molecule has 2 aromatic carbocycles. The third kappa shape index (κ3) is 5.33. The number of benzene rings is 2. The van der Waals surface area contributed by atoms with Gasteiger partial charge in [-0.1, -0.05) is 36.4 Å². The van der Waals surface area contributed by atoms with Crippen LogP contribution in [0.4, 0.5) is 5.69 Å². The van der Waals surface area contributed by atoms with E-state index in [-0.39, 0.29) is 18.2 Å². The van der Waals surface area contributed by atoms with E-state index < -0.39 is 42.1 Å². The maximum absolute atomic E-state index is 13.9. The number of hydrogen-bond donors (Lipinski definition) is 3. The number of amides is 5. The van der Waals surface area contributed by atoms with Crippen molar-refractivity contribution in [2.75, 3.05) is 18.9 Å². The van der Waals surface area contributed by atoms with Gasteiger partial charge in [0.15, 0.2) is 6.17 Å². The molecule has 2 aliphatic heterocycles. The van der Waals surface area contributed by atoms with Crippen molar-refractivity contribution < 1.29 is 24.0 Å². The Balaban J connectivity index is 1.60. The van der Waals surface area contributed by atoms with Gasteiger partial charge in [0.2, 0.25) is 23.6 Å². The Morgan fingerprint density at radius 1 is 1.03 bits per heavy atom. The lowest BCUT2D eigenvalue weighted by Crippen LogP contribution is -2.62. The maximum Gasteiger partial charge on any atom is 0.258 e. The topological polar surface area (TPSA) is 145 Å². The van der Waals surface area contributed by atoms with Crippen LogP contribution in [0.25, 0.3) is 10.8 Å². The van der Waals surface area contributed by atoms with E-state index in [4.69, 9.17) is 5.73 Å². The van der Waals surface area contributed by atoms with Crippen molar-refractivity contribution >= 4 is 46.0 Å². The zero-order valence-corrected chi connectivity index (χ0v) is 21.8. The predicted molar refractivity (Wildman–Crippen MR) is 141 cm³/mol. The van der Waals surface area contributed by atoms with Crippen molar-refractivity contribution in [1.82, 2.24) is 20.0 Å². The molecule has 0 saturated carbocycles. The minimum atomic E-state index is -1.26. The number of nitrogens with zero attached hydrogens (tertiary/aromatic N) is 3. The van der Waals surface area contributed by atoms with Gasteiger partial charge in [0.1, 0.15) is 18.2 Å². The summed E-state index contributed by atoms with van der Waals surface area (Å²) in [5, 5.41) is 7.49. The Labute approximate surface area is 221 Å². The van der Waals surface area contributed by atoms with Crippen molar-refractivity contribution in [1.29, 1.82) is 0 Å². The molecule has 38 heavy (non-hydrogen) atoms. The number of carbonyl (C=O) groups excluding carboxylic acids is 5. The molecule has 0 spiro atoms. The molecule has 5 amide bonds. The number of carbonyl (C=O) groups is 5. The monoisotopic (exact) mass is 522 g/mol. The van der Waals surface area contributed by atoms with Crippen molar-refractivity contribution in [3.63, 3.8) is 0 Å². The van der Waals surface area contributed by atoms with Crippen LogP contribution in [0.2, 0.25) is 0 Å². The first-order valence-corrected chi connectivity index (χ1v) is 12.8. The van der Waals surface area contributed by atoms with Crippen molar-refractivity contribution in [3.8, 4) is 0 Å². The lowest BCUT2D eigenvalue weighted by molar-refractivity contribution is -0.152. The molecule has 4 N–H and O–H groups in total. The molecule has 0 aliphatic carbocycles. The van der Waals surface area contributed by atoms with E-state index in [1.54, 1.807) is 11.0 Å². The zero-order valence-electron chi connectivity index (χ0n) is 21.8. The SMILES string of the molecule is CC(=O)N(C)[C@@H](N)C(=O)N[C@H]1CCCN(C(C)=O)[C@H]2CCC(C(=O)Nc3cccc4ccccc34)N2C1=O. The van der Waals surface area contributed by atoms with Gasteiger partial charge in [0, 0.05) is 38.5 Å². The Morgan fingerprint density at radius 2 is 1.74 bits per heavy atom. The van der Waals surface area contributed by atoms with Crippen molar-refractivity contribution in [3.05, 3.63) is 42.5 Å². The normalized spacial score (nSPS) is 22.2. The molecule has 11 heteroatoms. The molecule has 2 saturated heterocycles. The molecule has 1 unspecified atom stereocenters. The van der Waals surface area contributed by atoms with Gasteiger partial charge in [-0.25, -0.2) is 0 Å².